The first-order valence-electron chi connectivity index (χ1n) is 6.52. The van der Waals surface area contributed by atoms with Crippen molar-refractivity contribution in [3.8, 4) is 0 Å². The molecule has 0 fully saturated rings. The fourth-order valence-corrected chi connectivity index (χ4v) is 1.51. The Balaban J connectivity index is 2.63. The number of nitrogens with zero attached hydrogens (tertiary/aromatic N) is 1. The van der Waals surface area contributed by atoms with E-state index in [2.05, 4.69) is 20.4 Å². The van der Waals surface area contributed by atoms with Crippen molar-refractivity contribution >= 4 is 17.6 Å². The molecule has 0 spiro atoms. The lowest BCUT2D eigenvalue weighted by molar-refractivity contribution is -0.121. The van der Waals surface area contributed by atoms with Crippen molar-refractivity contribution in [1.82, 2.24) is 10.3 Å². The number of carbonyl (C=O) groups excluding carboxylic acids is 2. The molecular weight excluding hydrogens is 258 g/mol. The minimum atomic E-state index is -0.509. The molecule has 1 unspecified atom stereocenters. The normalized spacial score (nSPS) is 11.8. The van der Waals surface area contributed by atoms with Gasteiger partial charge in [-0.2, -0.15) is 0 Å². The van der Waals surface area contributed by atoms with Crippen LogP contribution < -0.4 is 10.6 Å². The third kappa shape index (κ3) is 4.87. The zero-order valence-electron chi connectivity index (χ0n) is 12.3. The summed E-state index contributed by atoms with van der Waals surface area (Å²) in [6, 6.07) is 2.85. The Hall–Kier alpha value is -2.11. The number of anilines is 1. The lowest BCUT2D eigenvalue weighted by Crippen LogP contribution is -2.39. The van der Waals surface area contributed by atoms with Crippen LogP contribution in [0, 0.1) is 5.92 Å². The molecule has 0 aliphatic heterocycles. The quantitative estimate of drug-likeness (QED) is 0.770. The topological polar surface area (TPSA) is 80.3 Å². The lowest BCUT2D eigenvalue weighted by Gasteiger charge is -2.16. The van der Waals surface area contributed by atoms with E-state index >= 15 is 0 Å². The van der Waals surface area contributed by atoms with E-state index in [1.807, 2.05) is 13.8 Å². The third-order valence-corrected chi connectivity index (χ3v) is 2.62. The molecule has 0 radical (unpaired) electrons. The van der Waals surface area contributed by atoms with Crippen molar-refractivity contribution in [2.45, 2.75) is 26.8 Å². The summed E-state index contributed by atoms with van der Waals surface area (Å²) < 4.78 is 4.60. The molecule has 2 N–H and O–H groups in total. The van der Waals surface area contributed by atoms with Gasteiger partial charge in [-0.3, -0.25) is 4.79 Å². The molecule has 6 nitrogen and oxygen atoms in total. The molecule has 0 aliphatic rings. The Morgan fingerprint density at radius 3 is 2.65 bits per heavy atom. The van der Waals surface area contributed by atoms with Crippen molar-refractivity contribution in [3.63, 3.8) is 0 Å². The number of rotatable bonds is 6. The van der Waals surface area contributed by atoms with Gasteiger partial charge in [0.05, 0.1) is 7.11 Å². The van der Waals surface area contributed by atoms with Crippen molar-refractivity contribution < 1.29 is 14.3 Å². The summed E-state index contributed by atoms with van der Waals surface area (Å²) in [5.41, 5.74) is 0.847. The Morgan fingerprint density at radius 1 is 1.35 bits per heavy atom. The van der Waals surface area contributed by atoms with Crippen LogP contribution in [0.4, 0.5) is 5.69 Å². The molecule has 110 valence electrons. The summed E-state index contributed by atoms with van der Waals surface area (Å²) in [7, 11) is 1.30. The maximum Gasteiger partial charge on any atom is 0.356 e. The number of pyridine rings is 1. The molecule has 0 aliphatic carbocycles. The van der Waals surface area contributed by atoms with Crippen LogP contribution >= 0.6 is 0 Å². The van der Waals surface area contributed by atoms with E-state index in [-0.39, 0.29) is 11.6 Å². The number of nitrogens with one attached hydrogen (secondary N) is 2. The zero-order valence-corrected chi connectivity index (χ0v) is 12.3. The number of aromatic nitrogens is 1. The fraction of sp³-hybridized carbons (Fsp3) is 0.500. The van der Waals surface area contributed by atoms with Gasteiger partial charge in [0.1, 0.15) is 11.7 Å². The minimum Gasteiger partial charge on any atom is -0.464 e. The van der Waals surface area contributed by atoms with E-state index < -0.39 is 12.0 Å². The van der Waals surface area contributed by atoms with Gasteiger partial charge in [0.15, 0.2) is 0 Å². The molecule has 0 saturated carbocycles. The van der Waals surface area contributed by atoms with Gasteiger partial charge in [-0.1, -0.05) is 13.8 Å². The molecule has 0 aromatic carbocycles. The summed E-state index contributed by atoms with van der Waals surface area (Å²) in [5.74, 6) is -0.196. The first-order chi connectivity index (χ1) is 9.43. The number of esters is 1. The number of hydrogen-bond donors (Lipinski definition) is 2. The van der Waals surface area contributed by atoms with Gasteiger partial charge >= 0.3 is 5.97 Å². The average molecular weight is 279 g/mol. The molecule has 1 aromatic heterocycles. The number of hydrogen-bond acceptors (Lipinski definition) is 5. The number of amides is 1. The molecule has 1 heterocycles. The van der Waals surface area contributed by atoms with Gasteiger partial charge in [-0.05, 0) is 25.0 Å². The highest BCUT2D eigenvalue weighted by atomic mass is 16.5. The van der Waals surface area contributed by atoms with Crippen LogP contribution in [0.2, 0.25) is 0 Å². The molecule has 6 heteroatoms. The second-order valence-electron chi connectivity index (χ2n) is 4.93. The summed E-state index contributed by atoms with van der Waals surface area (Å²) >= 11 is 0. The Morgan fingerprint density at radius 2 is 2.05 bits per heavy atom. The SMILES string of the molecule is COC(=O)c1cc(NC(C)C(=O)NCC(C)C)ccn1. The maximum absolute atomic E-state index is 11.8. The highest BCUT2D eigenvalue weighted by molar-refractivity contribution is 5.89. The molecule has 1 rings (SSSR count). The van der Waals surface area contributed by atoms with Crippen LogP contribution in [0.1, 0.15) is 31.3 Å². The number of methoxy groups -OCH3 is 1. The first-order valence-corrected chi connectivity index (χ1v) is 6.52. The van der Waals surface area contributed by atoms with E-state index in [9.17, 15) is 9.59 Å². The largest absolute Gasteiger partial charge is 0.464 e. The Kier molecular flexibility index (Phi) is 5.96. The van der Waals surface area contributed by atoms with Gasteiger partial charge in [-0.15, -0.1) is 0 Å². The van der Waals surface area contributed by atoms with Crippen LogP contribution in [0.15, 0.2) is 18.3 Å². The van der Waals surface area contributed by atoms with Gasteiger partial charge in [0, 0.05) is 18.4 Å². The number of ether oxygens (including phenoxy) is 1. The highest BCUT2D eigenvalue weighted by Crippen LogP contribution is 2.10. The van der Waals surface area contributed by atoms with Crippen molar-refractivity contribution in [3.05, 3.63) is 24.0 Å². The molecule has 0 saturated heterocycles. The third-order valence-electron chi connectivity index (χ3n) is 2.62. The van der Waals surface area contributed by atoms with Crippen molar-refractivity contribution in [1.29, 1.82) is 0 Å². The van der Waals surface area contributed by atoms with E-state index in [1.165, 1.54) is 13.3 Å². The maximum atomic E-state index is 11.8. The van der Waals surface area contributed by atoms with Gasteiger partial charge in [0.25, 0.3) is 0 Å². The average Bonchev–Trinajstić information content (AvgIpc) is 2.43. The highest BCUT2D eigenvalue weighted by Gasteiger charge is 2.14. The molecule has 0 bridgehead atoms. The monoisotopic (exact) mass is 279 g/mol. The summed E-state index contributed by atoms with van der Waals surface area (Å²) in [5, 5.41) is 5.87. The van der Waals surface area contributed by atoms with Crippen LogP contribution in [-0.2, 0) is 9.53 Å². The van der Waals surface area contributed by atoms with E-state index in [0.29, 0.717) is 18.2 Å². The van der Waals surface area contributed by atoms with E-state index in [4.69, 9.17) is 0 Å². The fourth-order valence-electron chi connectivity index (χ4n) is 1.51. The second-order valence-corrected chi connectivity index (χ2v) is 4.93. The molecule has 1 aromatic rings. The Labute approximate surface area is 118 Å². The van der Waals surface area contributed by atoms with Crippen molar-refractivity contribution in [2.75, 3.05) is 19.0 Å². The van der Waals surface area contributed by atoms with Crippen LogP contribution in [-0.4, -0.2) is 36.6 Å². The number of carbonyl (C=O) groups is 2. The van der Waals surface area contributed by atoms with Crippen LogP contribution in [0.3, 0.4) is 0 Å². The van der Waals surface area contributed by atoms with E-state index in [0.717, 1.165) is 0 Å². The van der Waals surface area contributed by atoms with Gasteiger partial charge < -0.3 is 15.4 Å². The molecular formula is C14H21N3O3. The van der Waals surface area contributed by atoms with E-state index in [1.54, 1.807) is 19.1 Å². The smallest absolute Gasteiger partial charge is 0.356 e. The second kappa shape index (κ2) is 7.47. The minimum absolute atomic E-state index is 0.0878. The summed E-state index contributed by atoms with van der Waals surface area (Å²) in [6.45, 7) is 6.45. The molecule has 1 amide bonds. The van der Waals surface area contributed by atoms with Crippen molar-refractivity contribution in [2.24, 2.45) is 5.92 Å². The van der Waals surface area contributed by atoms with Crippen LogP contribution in [0.25, 0.3) is 0 Å². The van der Waals surface area contributed by atoms with Gasteiger partial charge in [0.2, 0.25) is 5.91 Å². The first kappa shape index (κ1) is 15.9. The Bertz CT molecular complexity index is 474. The zero-order chi connectivity index (χ0) is 15.1. The molecule has 20 heavy (non-hydrogen) atoms. The van der Waals surface area contributed by atoms with Crippen LogP contribution in [0.5, 0.6) is 0 Å². The summed E-state index contributed by atoms with van der Waals surface area (Å²) in [4.78, 5) is 27.1. The van der Waals surface area contributed by atoms with Gasteiger partial charge in [-0.25, -0.2) is 9.78 Å². The lowest BCUT2D eigenvalue weighted by atomic mass is 10.2. The predicted molar refractivity (Wildman–Crippen MR) is 76.5 cm³/mol. The standard InChI is InChI=1S/C14H21N3O3/c1-9(2)8-16-13(18)10(3)17-11-5-6-15-12(7-11)14(19)20-4/h5-7,9-10H,8H2,1-4H3,(H,15,17)(H,16,18). The predicted octanol–water partition coefficient (Wildman–Crippen LogP) is 1.44. The molecule has 1 atom stereocenters. The summed E-state index contributed by atoms with van der Waals surface area (Å²) in [6.07, 6.45) is 1.49.